The molecule has 2 unspecified atom stereocenters. The first-order chi connectivity index (χ1) is 10.5. The Bertz CT molecular complexity index is 510. The van der Waals surface area contributed by atoms with E-state index in [1.54, 1.807) is 24.3 Å². The molecule has 1 aliphatic rings. The summed E-state index contributed by atoms with van der Waals surface area (Å²) >= 11 is 0. The van der Waals surface area contributed by atoms with Crippen LogP contribution in [0.1, 0.15) is 54.9 Å². The molecule has 1 aromatic carbocycles. The van der Waals surface area contributed by atoms with Crippen molar-refractivity contribution < 1.29 is 14.7 Å². The number of benzene rings is 1. The van der Waals surface area contributed by atoms with Crippen LogP contribution >= 0.6 is 0 Å². The molecule has 0 saturated heterocycles. The largest absolute Gasteiger partial charge is 0.478 e. The van der Waals surface area contributed by atoms with Crippen LogP contribution in [0.3, 0.4) is 0 Å². The molecule has 0 bridgehead atoms. The molecule has 22 heavy (non-hydrogen) atoms. The number of hydrogen-bond donors (Lipinski definition) is 2. The fourth-order valence-corrected chi connectivity index (χ4v) is 3.24. The zero-order chi connectivity index (χ0) is 15.9. The third-order valence-electron chi connectivity index (χ3n) is 4.46. The van der Waals surface area contributed by atoms with E-state index >= 15 is 0 Å². The van der Waals surface area contributed by atoms with Crippen molar-refractivity contribution in [1.29, 1.82) is 0 Å². The summed E-state index contributed by atoms with van der Waals surface area (Å²) in [6.07, 6.45) is 6.26. The second-order valence-corrected chi connectivity index (χ2v) is 6.44. The second-order valence-electron chi connectivity index (χ2n) is 6.44. The van der Waals surface area contributed by atoms with E-state index in [1.807, 2.05) is 0 Å². The Labute approximate surface area is 131 Å². The molecule has 1 saturated carbocycles. The van der Waals surface area contributed by atoms with Crippen LogP contribution in [0.4, 0.5) is 0 Å². The summed E-state index contributed by atoms with van der Waals surface area (Å²) in [7, 11) is 0. The molecule has 4 heteroatoms. The van der Waals surface area contributed by atoms with E-state index in [2.05, 4.69) is 12.2 Å². The van der Waals surface area contributed by atoms with Crippen molar-refractivity contribution in [3.05, 3.63) is 35.4 Å². The third kappa shape index (κ3) is 5.17. The summed E-state index contributed by atoms with van der Waals surface area (Å²) in [4.78, 5) is 22.7. The average Bonchev–Trinajstić information content (AvgIpc) is 2.47. The van der Waals surface area contributed by atoms with E-state index in [0.717, 1.165) is 17.9 Å². The summed E-state index contributed by atoms with van der Waals surface area (Å²) in [5.41, 5.74) is 1.33. The number of carbonyl (C=O) groups is 2. The standard InChI is InChI=1S/C18H25NO3/c1-13-3-2-4-15(11-13)12-17(20)19-10-9-14-5-7-16(8-6-14)18(21)22/h5-8,13,15H,2-4,9-12H2,1H3,(H,19,20)(H,21,22). The van der Waals surface area contributed by atoms with Crippen LogP contribution in [-0.2, 0) is 11.2 Å². The van der Waals surface area contributed by atoms with E-state index in [-0.39, 0.29) is 5.91 Å². The van der Waals surface area contributed by atoms with Gasteiger partial charge in [-0.05, 0) is 48.8 Å². The second kappa shape index (κ2) is 7.97. The average molecular weight is 303 g/mol. The molecule has 0 spiro atoms. The fraction of sp³-hybridized carbons (Fsp3) is 0.556. The van der Waals surface area contributed by atoms with Gasteiger partial charge in [-0.25, -0.2) is 4.79 Å². The van der Waals surface area contributed by atoms with Gasteiger partial charge in [-0.15, -0.1) is 0 Å². The minimum absolute atomic E-state index is 0.140. The van der Waals surface area contributed by atoms with Crippen LogP contribution in [0.2, 0.25) is 0 Å². The number of carboxylic acids is 1. The van der Waals surface area contributed by atoms with Gasteiger partial charge in [0, 0.05) is 13.0 Å². The summed E-state index contributed by atoms with van der Waals surface area (Å²) in [6.45, 7) is 2.87. The lowest BCUT2D eigenvalue weighted by Crippen LogP contribution is -2.29. The topological polar surface area (TPSA) is 66.4 Å². The van der Waals surface area contributed by atoms with E-state index in [4.69, 9.17) is 5.11 Å². The van der Waals surface area contributed by atoms with Crippen LogP contribution < -0.4 is 5.32 Å². The summed E-state index contributed by atoms with van der Waals surface area (Å²) in [5, 5.41) is 11.8. The van der Waals surface area contributed by atoms with E-state index in [9.17, 15) is 9.59 Å². The monoisotopic (exact) mass is 303 g/mol. The predicted octanol–water partition coefficient (Wildman–Crippen LogP) is 3.26. The smallest absolute Gasteiger partial charge is 0.335 e. The van der Waals surface area contributed by atoms with E-state index in [1.165, 1.54) is 25.7 Å². The Hall–Kier alpha value is -1.84. The quantitative estimate of drug-likeness (QED) is 0.847. The third-order valence-corrected chi connectivity index (χ3v) is 4.46. The molecular formula is C18H25NO3. The van der Waals surface area contributed by atoms with Gasteiger partial charge in [0.2, 0.25) is 5.91 Å². The van der Waals surface area contributed by atoms with Gasteiger partial charge < -0.3 is 10.4 Å². The highest BCUT2D eigenvalue weighted by Crippen LogP contribution is 2.30. The zero-order valence-electron chi connectivity index (χ0n) is 13.2. The number of amides is 1. The number of aromatic carboxylic acids is 1. The number of hydrogen-bond acceptors (Lipinski definition) is 2. The van der Waals surface area contributed by atoms with Gasteiger partial charge >= 0.3 is 5.97 Å². The Morgan fingerprint density at radius 1 is 1.23 bits per heavy atom. The van der Waals surface area contributed by atoms with Gasteiger partial charge in [-0.2, -0.15) is 0 Å². The molecule has 0 heterocycles. The van der Waals surface area contributed by atoms with Crippen molar-refractivity contribution in [2.75, 3.05) is 6.54 Å². The zero-order valence-corrected chi connectivity index (χ0v) is 13.2. The molecule has 0 radical (unpaired) electrons. The lowest BCUT2D eigenvalue weighted by molar-refractivity contribution is -0.122. The van der Waals surface area contributed by atoms with Crippen molar-refractivity contribution >= 4 is 11.9 Å². The summed E-state index contributed by atoms with van der Waals surface area (Å²) in [6, 6.07) is 6.81. The summed E-state index contributed by atoms with van der Waals surface area (Å²) in [5.74, 6) is 0.515. The molecular weight excluding hydrogens is 278 g/mol. The minimum atomic E-state index is -0.915. The predicted molar refractivity (Wildman–Crippen MR) is 85.9 cm³/mol. The van der Waals surface area contributed by atoms with Crippen LogP contribution in [0.25, 0.3) is 0 Å². The lowest BCUT2D eigenvalue weighted by atomic mass is 9.81. The lowest BCUT2D eigenvalue weighted by Gasteiger charge is -2.26. The number of carbonyl (C=O) groups excluding carboxylic acids is 1. The van der Waals surface area contributed by atoms with Gasteiger partial charge in [-0.1, -0.05) is 31.9 Å². The van der Waals surface area contributed by atoms with E-state index < -0.39 is 5.97 Å². The van der Waals surface area contributed by atoms with Gasteiger partial charge in [-0.3, -0.25) is 4.79 Å². The van der Waals surface area contributed by atoms with Crippen molar-refractivity contribution in [1.82, 2.24) is 5.32 Å². The van der Waals surface area contributed by atoms with Crippen molar-refractivity contribution in [2.45, 2.75) is 45.4 Å². The van der Waals surface area contributed by atoms with Crippen LogP contribution in [0.15, 0.2) is 24.3 Å². The number of nitrogens with one attached hydrogen (secondary N) is 1. The Morgan fingerprint density at radius 3 is 2.59 bits per heavy atom. The first kappa shape index (κ1) is 16.5. The number of rotatable bonds is 6. The Balaban J connectivity index is 1.69. The molecule has 0 aliphatic heterocycles. The molecule has 2 atom stereocenters. The molecule has 4 nitrogen and oxygen atoms in total. The highest BCUT2D eigenvalue weighted by Gasteiger charge is 2.21. The molecule has 120 valence electrons. The maximum atomic E-state index is 12.0. The minimum Gasteiger partial charge on any atom is -0.478 e. The van der Waals surface area contributed by atoms with Crippen molar-refractivity contribution in [3.8, 4) is 0 Å². The van der Waals surface area contributed by atoms with Crippen molar-refractivity contribution in [3.63, 3.8) is 0 Å². The fourth-order valence-electron chi connectivity index (χ4n) is 3.24. The van der Waals surface area contributed by atoms with E-state index in [0.29, 0.717) is 24.4 Å². The number of carboxylic acid groups (broad SMARTS) is 1. The maximum absolute atomic E-state index is 12.0. The van der Waals surface area contributed by atoms with Gasteiger partial charge in [0.1, 0.15) is 0 Å². The van der Waals surface area contributed by atoms with Crippen LogP contribution in [0, 0.1) is 11.8 Å². The maximum Gasteiger partial charge on any atom is 0.335 e. The first-order valence-electron chi connectivity index (χ1n) is 8.13. The normalized spacial score (nSPS) is 21.3. The molecule has 1 aromatic rings. The molecule has 1 fully saturated rings. The van der Waals surface area contributed by atoms with Crippen LogP contribution in [0.5, 0.6) is 0 Å². The van der Waals surface area contributed by atoms with Crippen LogP contribution in [-0.4, -0.2) is 23.5 Å². The SMILES string of the molecule is CC1CCCC(CC(=O)NCCc2ccc(C(=O)O)cc2)C1. The Morgan fingerprint density at radius 2 is 1.95 bits per heavy atom. The van der Waals surface area contributed by atoms with Gasteiger partial charge in [0.05, 0.1) is 5.56 Å². The molecule has 0 aromatic heterocycles. The molecule has 2 rings (SSSR count). The molecule has 1 aliphatic carbocycles. The highest BCUT2D eigenvalue weighted by molar-refractivity contribution is 5.87. The first-order valence-corrected chi connectivity index (χ1v) is 8.13. The molecule has 1 amide bonds. The van der Waals surface area contributed by atoms with Crippen molar-refractivity contribution in [2.24, 2.45) is 11.8 Å². The Kier molecular flexibility index (Phi) is 5.99. The summed E-state index contributed by atoms with van der Waals surface area (Å²) < 4.78 is 0. The van der Waals surface area contributed by atoms with Gasteiger partial charge in [0.15, 0.2) is 0 Å². The highest BCUT2D eigenvalue weighted by atomic mass is 16.4. The van der Waals surface area contributed by atoms with Gasteiger partial charge in [0.25, 0.3) is 0 Å². The molecule has 2 N–H and O–H groups in total.